The molecule has 27 heavy (non-hydrogen) atoms. The van der Waals surface area contributed by atoms with Gasteiger partial charge in [0.1, 0.15) is 11.3 Å². The Morgan fingerprint density at radius 1 is 1.22 bits per heavy atom. The highest BCUT2D eigenvalue weighted by Gasteiger charge is 2.42. The Morgan fingerprint density at radius 2 is 2.07 bits per heavy atom. The van der Waals surface area contributed by atoms with Gasteiger partial charge < -0.3 is 9.30 Å². The smallest absolute Gasteiger partial charge is 0.341 e. The van der Waals surface area contributed by atoms with Crippen molar-refractivity contribution in [2.75, 3.05) is 7.11 Å². The van der Waals surface area contributed by atoms with Gasteiger partial charge in [-0.1, -0.05) is 17.6 Å². The molecule has 5 aliphatic rings. The van der Waals surface area contributed by atoms with Gasteiger partial charge in [-0.3, -0.25) is 4.79 Å². The van der Waals surface area contributed by atoms with E-state index < -0.39 is 5.97 Å². The van der Waals surface area contributed by atoms with E-state index in [2.05, 4.69) is 14.8 Å². The molecule has 0 spiro atoms. The largest absolute Gasteiger partial charge is 0.465 e. The number of carbonyl (C=O) groups is 1. The molecule has 5 rings (SSSR count). The SMILES string of the molecule is COC(=O)c1cn([C@H]2C3CCCC2C2=C(CCCC2)C3)cc2c(=O)[nH]nc1-2. The maximum absolute atomic E-state index is 12.3. The first-order chi connectivity index (χ1) is 13.2. The summed E-state index contributed by atoms with van der Waals surface area (Å²) in [6, 6.07) is 0.317. The summed E-state index contributed by atoms with van der Waals surface area (Å²) in [5, 5.41) is 6.54. The van der Waals surface area contributed by atoms with Gasteiger partial charge in [-0.25, -0.2) is 9.89 Å². The number of fused-ring (bicyclic) bond motifs is 4. The molecule has 0 aromatic heterocycles. The molecule has 0 aromatic carbocycles. The standard InChI is InChI=1S/C21H25N3O3/c1-27-21(26)17-11-24(10-16-18(17)22-23-20(16)25)19-13-6-4-8-15(19)14-7-3-2-5-12(14)9-13/h10-11,13,15,19H,2-9H2,1H3,(H,23,25)/t13?,15?,19-/m0/s1. The van der Waals surface area contributed by atoms with Crippen LogP contribution < -0.4 is 5.56 Å². The summed E-state index contributed by atoms with van der Waals surface area (Å²) in [5.74, 6) is 0.665. The Kier molecular flexibility index (Phi) is 3.95. The molecule has 0 saturated heterocycles. The number of nitrogens with one attached hydrogen (secondary N) is 1. The highest BCUT2D eigenvalue weighted by Crippen LogP contribution is 2.53. The molecular weight excluding hydrogens is 342 g/mol. The van der Waals surface area contributed by atoms with Crippen molar-refractivity contribution in [2.45, 2.75) is 57.4 Å². The molecule has 0 radical (unpaired) electrons. The van der Waals surface area contributed by atoms with Crippen LogP contribution in [0.3, 0.4) is 0 Å². The van der Waals surface area contributed by atoms with Gasteiger partial charge in [0.25, 0.3) is 5.56 Å². The first-order valence-corrected chi connectivity index (χ1v) is 10.1. The van der Waals surface area contributed by atoms with Crippen LogP contribution in [0.15, 0.2) is 28.3 Å². The second-order valence-electron chi connectivity index (χ2n) is 8.25. The summed E-state index contributed by atoms with van der Waals surface area (Å²) in [7, 11) is 1.37. The number of pyridine rings is 1. The predicted octanol–water partition coefficient (Wildman–Crippen LogP) is 3.69. The van der Waals surface area contributed by atoms with Crippen molar-refractivity contribution < 1.29 is 9.53 Å². The lowest BCUT2D eigenvalue weighted by molar-refractivity contribution is 0.0598. The van der Waals surface area contributed by atoms with E-state index in [0.717, 1.165) is 0 Å². The molecule has 142 valence electrons. The number of ether oxygens (including phenoxy) is 1. The summed E-state index contributed by atoms with van der Waals surface area (Å²) < 4.78 is 7.10. The normalized spacial score (nSPS) is 27.5. The van der Waals surface area contributed by atoms with Gasteiger partial charge in [-0.05, 0) is 50.9 Å². The fourth-order valence-corrected chi connectivity index (χ4v) is 5.80. The van der Waals surface area contributed by atoms with E-state index in [1.165, 1.54) is 58.5 Å². The number of allylic oxidation sites excluding steroid dienone is 2. The minimum atomic E-state index is -0.445. The molecular formula is C21H25N3O3. The van der Waals surface area contributed by atoms with Crippen LogP contribution in [0.4, 0.5) is 0 Å². The molecule has 3 atom stereocenters. The van der Waals surface area contributed by atoms with E-state index in [9.17, 15) is 9.59 Å². The highest BCUT2D eigenvalue weighted by atomic mass is 16.5. The number of carbonyl (C=O) groups excluding carboxylic acids is 1. The third kappa shape index (κ3) is 2.57. The molecule has 1 fully saturated rings. The number of aromatic amines is 1. The lowest BCUT2D eigenvalue weighted by Gasteiger charge is -2.47. The number of hydrogen-bond acceptors (Lipinski definition) is 4. The topological polar surface area (TPSA) is 77.0 Å². The molecule has 0 amide bonds. The van der Waals surface area contributed by atoms with E-state index in [-0.39, 0.29) is 5.56 Å². The van der Waals surface area contributed by atoms with Crippen LogP contribution >= 0.6 is 0 Å². The Balaban J connectivity index is 1.66. The van der Waals surface area contributed by atoms with E-state index in [0.29, 0.717) is 34.7 Å². The van der Waals surface area contributed by atoms with E-state index >= 15 is 0 Å². The molecule has 1 N–H and O–H groups in total. The summed E-state index contributed by atoms with van der Waals surface area (Å²) in [5.41, 5.74) is 4.37. The van der Waals surface area contributed by atoms with E-state index in [1.54, 1.807) is 11.1 Å². The van der Waals surface area contributed by atoms with Gasteiger partial charge in [0.2, 0.25) is 0 Å². The molecule has 2 heterocycles. The lowest BCUT2D eigenvalue weighted by atomic mass is 9.63. The molecule has 2 unspecified atom stereocenters. The van der Waals surface area contributed by atoms with Crippen LogP contribution in [0.25, 0.3) is 11.3 Å². The van der Waals surface area contributed by atoms with Crippen molar-refractivity contribution in [2.24, 2.45) is 11.8 Å². The molecule has 2 aliphatic heterocycles. The molecule has 0 aromatic rings. The number of hydrogen-bond donors (Lipinski definition) is 1. The Morgan fingerprint density at radius 3 is 2.93 bits per heavy atom. The minimum absolute atomic E-state index is 0.247. The maximum Gasteiger partial charge on any atom is 0.341 e. The molecule has 6 heteroatoms. The maximum atomic E-state index is 12.3. The first-order valence-electron chi connectivity index (χ1n) is 10.1. The predicted molar refractivity (Wildman–Crippen MR) is 101 cm³/mol. The van der Waals surface area contributed by atoms with E-state index in [4.69, 9.17) is 4.74 Å². The number of H-pyrrole nitrogens is 1. The van der Waals surface area contributed by atoms with Gasteiger partial charge in [-0.2, -0.15) is 5.10 Å². The quantitative estimate of drug-likeness (QED) is 0.649. The summed E-state index contributed by atoms with van der Waals surface area (Å²) in [4.78, 5) is 24.6. The van der Waals surface area contributed by atoms with Crippen molar-refractivity contribution in [1.82, 2.24) is 14.8 Å². The van der Waals surface area contributed by atoms with Gasteiger partial charge in [0, 0.05) is 24.4 Å². The fraction of sp³-hybridized carbons (Fsp3) is 0.571. The van der Waals surface area contributed by atoms with Gasteiger partial charge in [0.05, 0.1) is 12.7 Å². The molecule has 3 aliphatic carbocycles. The molecule has 2 bridgehead atoms. The zero-order chi connectivity index (χ0) is 18.5. The Bertz CT molecular complexity index is 954. The summed E-state index contributed by atoms with van der Waals surface area (Å²) in [6.45, 7) is 0. The van der Waals surface area contributed by atoms with Crippen LogP contribution in [0.1, 0.15) is 67.8 Å². The van der Waals surface area contributed by atoms with Crippen LogP contribution in [0.2, 0.25) is 0 Å². The Labute approximate surface area is 157 Å². The number of aromatic nitrogens is 3. The van der Waals surface area contributed by atoms with E-state index in [1.807, 2.05) is 12.4 Å². The van der Waals surface area contributed by atoms with Crippen LogP contribution in [0.5, 0.6) is 0 Å². The van der Waals surface area contributed by atoms with Crippen molar-refractivity contribution in [3.05, 3.63) is 39.5 Å². The third-order valence-corrected chi connectivity index (χ3v) is 6.90. The number of nitrogens with zero attached hydrogens (tertiary/aromatic N) is 2. The zero-order valence-corrected chi connectivity index (χ0v) is 15.7. The van der Waals surface area contributed by atoms with Crippen molar-refractivity contribution in [3.63, 3.8) is 0 Å². The molecule has 6 nitrogen and oxygen atoms in total. The van der Waals surface area contributed by atoms with Crippen LogP contribution in [-0.4, -0.2) is 27.8 Å². The van der Waals surface area contributed by atoms with Crippen molar-refractivity contribution in [3.8, 4) is 11.3 Å². The summed E-state index contributed by atoms with van der Waals surface area (Å²) >= 11 is 0. The summed E-state index contributed by atoms with van der Waals surface area (Å²) in [6.07, 6.45) is 13.7. The van der Waals surface area contributed by atoms with Gasteiger partial charge in [-0.15, -0.1) is 0 Å². The Hall–Kier alpha value is -2.37. The van der Waals surface area contributed by atoms with Crippen LogP contribution in [0, 0.1) is 11.8 Å². The first kappa shape index (κ1) is 16.8. The highest BCUT2D eigenvalue weighted by molar-refractivity contribution is 5.95. The number of rotatable bonds is 2. The second-order valence-corrected chi connectivity index (χ2v) is 8.25. The second kappa shape index (κ2) is 6.36. The van der Waals surface area contributed by atoms with Crippen molar-refractivity contribution >= 4 is 5.97 Å². The number of methoxy groups -OCH3 is 1. The van der Waals surface area contributed by atoms with Gasteiger partial charge in [0.15, 0.2) is 0 Å². The average Bonchev–Trinajstić information content (AvgIpc) is 3.07. The molecule has 1 saturated carbocycles. The minimum Gasteiger partial charge on any atom is -0.465 e. The fourth-order valence-electron chi connectivity index (χ4n) is 5.80. The monoisotopic (exact) mass is 367 g/mol. The number of esters is 1. The van der Waals surface area contributed by atoms with Crippen molar-refractivity contribution in [1.29, 1.82) is 0 Å². The third-order valence-electron chi connectivity index (χ3n) is 6.90. The van der Waals surface area contributed by atoms with Gasteiger partial charge >= 0.3 is 5.97 Å². The van der Waals surface area contributed by atoms with Crippen LogP contribution in [-0.2, 0) is 4.74 Å². The average molecular weight is 367 g/mol. The zero-order valence-electron chi connectivity index (χ0n) is 15.7. The lowest BCUT2D eigenvalue weighted by Crippen LogP contribution is -2.37.